The van der Waals surface area contributed by atoms with Gasteiger partial charge in [-0.1, -0.05) is 12.1 Å². The maximum Gasteiger partial charge on any atom is 0.289 e. The van der Waals surface area contributed by atoms with Crippen LogP contribution in [0.4, 0.5) is 10.8 Å². The lowest BCUT2D eigenvalue weighted by Crippen LogP contribution is -2.42. The smallest absolute Gasteiger partial charge is 0.289 e. The van der Waals surface area contributed by atoms with E-state index in [9.17, 15) is 18.0 Å². The average Bonchev–Trinajstić information content (AvgIpc) is 3.51. The van der Waals surface area contributed by atoms with Gasteiger partial charge >= 0.3 is 0 Å². The first kappa shape index (κ1) is 22.2. The molecular weight excluding hydrogens is 474 g/mol. The molecule has 3 aromatic rings. The number of benzene rings is 1. The fourth-order valence-corrected chi connectivity index (χ4v) is 5.77. The van der Waals surface area contributed by atoms with Gasteiger partial charge in [-0.15, -0.1) is 22.7 Å². The van der Waals surface area contributed by atoms with Crippen LogP contribution in [0.2, 0.25) is 0 Å². The number of thiazole rings is 1. The molecule has 168 valence electrons. The lowest BCUT2D eigenvalue weighted by molar-refractivity contribution is 0.0844. The van der Waals surface area contributed by atoms with Crippen LogP contribution < -0.4 is 20.5 Å². The molecule has 13 heteroatoms. The van der Waals surface area contributed by atoms with Crippen LogP contribution in [0.5, 0.6) is 0 Å². The molecule has 2 aromatic heterocycles. The highest BCUT2D eigenvalue weighted by Gasteiger charge is 2.19. The molecule has 10 nitrogen and oxygen atoms in total. The van der Waals surface area contributed by atoms with Crippen molar-refractivity contribution in [2.45, 2.75) is 4.21 Å². The highest BCUT2D eigenvalue weighted by atomic mass is 32.2. The number of morpholine rings is 1. The van der Waals surface area contributed by atoms with Crippen molar-refractivity contribution in [2.24, 2.45) is 0 Å². The van der Waals surface area contributed by atoms with E-state index >= 15 is 0 Å². The van der Waals surface area contributed by atoms with E-state index in [2.05, 4.69) is 20.6 Å². The summed E-state index contributed by atoms with van der Waals surface area (Å²) in [6.07, 6.45) is 0. The zero-order valence-corrected chi connectivity index (χ0v) is 19.1. The van der Waals surface area contributed by atoms with Crippen LogP contribution in [0.3, 0.4) is 0 Å². The van der Waals surface area contributed by atoms with Crippen LogP contribution in [0.15, 0.2) is 51.4 Å². The Balaban J connectivity index is 1.35. The van der Waals surface area contributed by atoms with Crippen LogP contribution in [0, 0.1) is 0 Å². The Morgan fingerprint density at radius 3 is 2.56 bits per heavy atom. The van der Waals surface area contributed by atoms with Gasteiger partial charge in [0, 0.05) is 29.7 Å². The molecule has 1 saturated heterocycles. The Morgan fingerprint density at radius 1 is 1.03 bits per heavy atom. The third-order valence-electron chi connectivity index (χ3n) is 4.43. The standard InChI is InChI=1S/C19H19N5O5S3/c25-17(13-3-1-4-14(11-13)23-32(27,28)16-5-2-10-30-16)21-22-18(26)15-12-31-19(20-15)24-6-8-29-9-7-24/h1-5,10-12,23H,6-9H2,(H,21,25)(H,22,26). The van der Waals surface area contributed by atoms with Crippen LogP contribution in [-0.4, -0.2) is 51.5 Å². The number of anilines is 2. The molecule has 3 heterocycles. The largest absolute Gasteiger partial charge is 0.378 e. The van der Waals surface area contributed by atoms with Gasteiger partial charge < -0.3 is 9.64 Å². The molecule has 2 amide bonds. The third-order valence-corrected chi connectivity index (χ3v) is 8.11. The fraction of sp³-hybridized carbons (Fsp3) is 0.211. The number of carbonyl (C=O) groups excluding carboxylic acids is 2. The Kier molecular flexibility index (Phi) is 6.69. The molecule has 0 aliphatic carbocycles. The van der Waals surface area contributed by atoms with E-state index in [1.165, 1.54) is 41.7 Å². The van der Waals surface area contributed by atoms with E-state index in [1.807, 2.05) is 4.90 Å². The zero-order valence-electron chi connectivity index (χ0n) is 16.6. The van der Waals surface area contributed by atoms with Gasteiger partial charge in [-0.3, -0.25) is 25.2 Å². The number of aromatic nitrogens is 1. The maximum atomic E-state index is 12.4. The lowest BCUT2D eigenvalue weighted by Gasteiger charge is -2.25. The number of rotatable bonds is 6. The van der Waals surface area contributed by atoms with Gasteiger partial charge in [0.15, 0.2) is 5.13 Å². The number of ether oxygens (including phenoxy) is 1. The van der Waals surface area contributed by atoms with E-state index < -0.39 is 21.8 Å². The summed E-state index contributed by atoms with van der Waals surface area (Å²) in [6.45, 7) is 2.63. The second-order valence-corrected chi connectivity index (χ2v) is 10.3. The predicted molar refractivity (Wildman–Crippen MR) is 122 cm³/mol. The molecule has 1 aromatic carbocycles. The molecular formula is C19H19N5O5S3. The Hall–Kier alpha value is -3.00. The summed E-state index contributed by atoms with van der Waals surface area (Å²) in [5.74, 6) is -1.15. The van der Waals surface area contributed by atoms with Crippen molar-refractivity contribution < 1.29 is 22.7 Å². The van der Waals surface area contributed by atoms with E-state index in [0.717, 1.165) is 16.5 Å². The summed E-state index contributed by atoms with van der Waals surface area (Å²) >= 11 is 2.43. The van der Waals surface area contributed by atoms with Gasteiger partial charge in [-0.05, 0) is 29.6 Å². The Morgan fingerprint density at radius 2 is 1.81 bits per heavy atom. The van der Waals surface area contributed by atoms with Crippen molar-refractivity contribution >= 4 is 55.3 Å². The molecule has 0 saturated carbocycles. The van der Waals surface area contributed by atoms with E-state index in [0.29, 0.717) is 26.3 Å². The highest BCUT2D eigenvalue weighted by Crippen LogP contribution is 2.22. The molecule has 4 rings (SSSR count). The molecule has 0 radical (unpaired) electrons. The summed E-state index contributed by atoms with van der Waals surface area (Å²) in [6, 6.07) is 9.08. The molecule has 3 N–H and O–H groups in total. The number of hydrogen-bond donors (Lipinski definition) is 3. The number of nitrogens with one attached hydrogen (secondary N) is 3. The van der Waals surface area contributed by atoms with Crippen molar-refractivity contribution in [2.75, 3.05) is 35.9 Å². The quantitative estimate of drug-likeness (QED) is 0.447. The minimum Gasteiger partial charge on any atom is -0.378 e. The number of sulfonamides is 1. The number of hydrazine groups is 1. The minimum absolute atomic E-state index is 0.166. The fourth-order valence-electron chi connectivity index (χ4n) is 2.86. The summed E-state index contributed by atoms with van der Waals surface area (Å²) in [4.78, 5) is 31.1. The molecule has 1 fully saturated rings. The molecule has 0 spiro atoms. The summed E-state index contributed by atoms with van der Waals surface area (Å²) < 4.78 is 32.6. The van der Waals surface area contributed by atoms with Crippen LogP contribution in [0.25, 0.3) is 0 Å². The molecule has 0 atom stereocenters. The van der Waals surface area contributed by atoms with Crippen molar-refractivity contribution in [3.8, 4) is 0 Å². The first-order chi connectivity index (χ1) is 15.4. The van der Waals surface area contributed by atoms with Crippen molar-refractivity contribution in [1.29, 1.82) is 0 Å². The lowest BCUT2D eigenvalue weighted by atomic mass is 10.2. The topological polar surface area (TPSA) is 130 Å². The number of thiophene rings is 1. The zero-order chi connectivity index (χ0) is 22.6. The first-order valence-electron chi connectivity index (χ1n) is 9.48. The van der Waals surface area contributed by atoms with Crippen LogP contribution >= 0.6 is 22.7 Å². The average molecular weight is 494 g/mol. The predicted octanol–water partition coefficient (Wildman–Crippen LogP) is 1.92. The number of nitrogens with zero attached hydrogens (tertiary/aromatic N) is 2. The Labute approximate surface area is 192 Å². The van der Waals surface area contributed by atoms with Crippen molar-refractivity contribution in [1.82, 2.24) is 15.8 Å². The van der Waals surface area contributed by atoms with Crippen LogP contribution in [0.1, 0.15) is 20.8 Å². The van der Waals surface area contributed by atoms with E-state index in [1.54, 1.807) is 16.8 Å². The van der Waals surface area contributed by atoms with Gasteiger partial charge in [-0.25, -0.2) is 13.4 Å². The van der Waals surface area contributed by atoms with Gasteiger partial charge in [-0.2, -0.15) is 0 Å². The first-order valence-corrected chi connectivity index (χ1v) is 12.7. The minimum atomic E-state index is -3.73. The van der Waals surface area contributed by atoms with Gasteiger partial charge in [0.2, 0.25) is 0 Å². The second kappa shape index (κ2) is 9.65. The molecule has 0 bridgehead atoms. The maximum absolute atomic E-state index is 12.4. The summed E-state index contributed by atoms with van der Waals surface area (Å²) in [7, 11) is -3.73. The SMILES string of the molecule is O=C(NNC(=O)c1csc(N2CCOCC2)n1)c1cccc(NS(=O)(=O)c2cccs2)c1. The molecule has 1 aliphatic heterocycles. The van der Waals surface area contributed by atoms with Gasteiger partial charge in [0.05, 0.1) is 13.2 Å². The number of hydrogen-bond acceptors (Lipinski definition) is 9. The van der Waals surface area contributed by atoms with Gasteiger partial charge in [0.1, 0.15) is 9.90 Å². The highest BCUT2D eigenvalue weighted by molar-refractivity contribution is 7.94. The molecule has 32 heavy (non-hydrogen) atoms. The van der Waals surface area contributed by atoms with Crippen LogP contribution in [-0.2, 0) is 14.8 Å². The third kappa shape index (κ3) is 5.24. The van der Waals surface area contributed by atoms with E-state index in [4.69, 9.17) is 4.74 Å². The normalized spacial score (nSPS) is 14.1. The summed E-state index contributed by atoms with van der Waals surface area (Å²) in [5, 5.41) is 4.00. The van der Waals surface area contributed by atoms with Gasteiger partial charge in [0.25, 0.3) is 21.8 Å². The molecule has 0 unspecified atom stereocenters. The summed E-state index contributed by atoms with van der Waals surface area (Å²) in [5.41, 5.74) is 5.24. The number of amides is 2. The van der Waals surface area contributed by atoms with Crippen molar-refractivity contribution in [3.63, 3.8) is 0 Å². The Bertz CT molecular complexity index is 1200. The monoisotopic (exact) mass is 493 g/mol. The molecule has 1 aliphatic rings. The van der Waals surface area contributed by atoms with Crippen molar-refractivity contribution in [3.05, 3.63) is 58.4 Å². The second-order valence-electron chi connectivity index (χ2n) is 6.64. The number of carbonyl (C=O) groups is 2. The van der Waals surface area contributed by atoms with E-state index in [-0.39, 0.29) is 21.2 Å².